The van der Waals surface area contributed by atoms with Crippen LogP contribution in [-0.4, -0.2) is 50.8 Å². The molecule has 31 heavy (non-hydrogen) atoms. The SMILES string of the molecule is COC(=O)c1ccc(NC(C)C(=O)Nc2ccc(S(=O)(=O)N3CCCCC3)cc2)cc1. The summed E-state index contributed by atoms with van der Waals surface area (Å²) >= 11 is 0. The Bertz CT molecular complexity index is 1010. The van der Waals surface area contributed by atoms with Crippen LogP contribution in [0.25, 0.3) is 0 Å². The maximum absolute atomic E-state index is 12.7. The van der Waals surface area contributed by atoms with Gasteiger partial charge in [0.2, 0.25) is 15.9 Å². The van der Waals surface area contributed by atoms with E-state index in [1.807, 2.05) is 0 Å². The van der Waals surface area contributed by atoms with Gasteiger partial charge in [0.1, 0.15) is 6.04 Å². The summed E-state index contributed by atoms with van der Waals surface area (Å²) < 4.78 is 31.6. The topological polar surface area (TPSA) is 105 Å². The first kappa shape index (κ1) is 22.8. The third-order valence-corrected chi connectivity index (χ3v) is 7.07. The van der Waals surface area contributed by atoms with Crippen molar-refractivity contribution in [3.63, 3.8) is 0 Å². The fourth-order valence-corrected chi connectivity index (χ4v) is 4.87. The van der Waals surface area contributed by atoms with E-state index in [2.05, 4.69) is 15.4 Å². The van der Waals surface area contributed by atoms with Crippen LogP contribution in [0.2, 0.25) is 0 Å². The summed E-state index contributed by atoms with van der Waals surface area (Å²) in [6.45, 7) is 2.80. The van der Waals surface area contributed by atoms with Crippen molar-refractivity contribution in [3.8, 4) is 0 Å². The van der Waals surface area contributed by atoms with Crippen LogP contribution < -0.4 is 10.6 Å². The van der Waals surface area contributed by atoms with E-state index in [4.69, 9.17) is 0 Å². The van der Waals surface area contributed by atoms with Gasteiger partial charge in [-0.05, 0) is 68.3 Å². The molecule has 1 atom stereocenters. The molecule has 0 saturated carbocycles. The molecule has 1 aliphatic heterocycles. The number of carbonyl (C=O) groups excluding carboxylic acids is 2. The number of nitrogens with one attached hydrogen (secondary N) is 2. The Balaban J connectivity index is 1.59. The van der Waals surface area contributed by atoms with Gasteiger partial charge in [0.05, 0.1) is 17.6 Å². The van der Waals surface area contributed by atoms with Crippen LogP contribution in [0.3, 0.4) is 0 Å². The van der Waals surface area contributed by atoms with Gasteiger partial charge in [-0.3, -0.25) is 4.79 Å². The highest BCUT2D eigenvalue weighted by Gasteiger charge is 2.25. The van der Waals surface area contributed by atoms with E-state index in [9.17, 15) is 18.0 Å². The maximum Gasteiger partial charge on any atom is 0.337 e. The van der Waals surface area contributed by atoms with Crippen LogP contribution in [0.1, 0.15) is 36.5 Å². The molecular weight excluding hydrogens is 418 g/mol. The molecule has 1 fully saturated rings. The number of piperidine rings is 1. The Morgan fingerprint density at radius 1 is 0.935 bits per heavy atom. The number of benzene rings is 2. The number of methoxy groups -OCH3 is 1. The van der Waals surface area contributed by atoms with Crippen molar-refractivity contribution >= 4 is 33.3 Å². The molecule has 0 aliphatic carbocycles. The van der Waals surface area contributed by atoms with Gasteiger partial charge < -0.3 is 15.4 Å². The van der Waals surface area contributed by atoms with Crippen molar-refractivity contribution in [2.75, 3.05) is 30.8 Å². The monoisotopic (exact) mass is 445 g/mol. The highest BCUT2D eigenvalue weighted by molar-refractivity contribution is 7.89. The lowest BCUT2D eigenvalue weighted by Crippen LogP contribution is -2.35. The smallest absolute Gasteiger partial charge is 0.337 e. The van der Waals surface area contributed by atoms with Crippen LogP contribution >= 0.6 is 0 Å². The first-order valence-electron chi connectivity index (χ1n) is 10.2. The molecule has 2 aromatic rings. The fraction of sp³-hybridized carbons (Fsp3) is 0.364. The summed E-state index contributed by atoms with van der Waals surface area (Å²) in [6.07, 6.45) is 2.81. The molecule has 1 amide bonds. The van der Waals surface area contributed by atoms with E-state index in [-0.39, 0.29) is 10.8 Å². The Hall–Kier alpha value is -2.91. The van der Waals surface area contributed by atoms with Crippen molar-refractivity contribution in [3.05, 3.63) is 54.1 Å². The molecule has 0 spiro atoms. The van der Waals surface area contributed by atoms with Gasteiger partial charge in [-0.1, -0.05) is 6.42 Å². The second-order valence-electron chi connectivity index (χ2n) is 7.41. The van der Waals surface area contributed by atoms with Gasteiger partial charge in [0.15, 0.2) is 0 Å². The second-order valence-corrected chi connectivity index (χ2v) is 9.35. The Labute approximate surface area is 182 Å². The average Bonchev–Trinajstić information content (AvgIpc) is 2.80. The summed E-state index contributed by atoms with van der Waals surface area (Å²) in [6, 6.07) is 12.3. The van der Waals surface area contributed by atoms with E-state index < -0.39 is 22.0 Å². The third kappa shape index (κ3) is 5.62. The van der Waals surface area contributed by atoms with E-state index in [0.717, 1.165) is 19.3 Å². The molecular formula is C22H27N3O5S. The minimum atomic E-state index is -3.50. The van der Waals surface area contributed by atoms with E-state index in [1.165, 1.54) is 23.5 Å². The lowest BCUT2D eigenvalue weighted by molar-refractivity contribution is -0.116. The number of hydrogen-bond acceptors (Lipinski definition) is 6. The lowest BCUT2D eigenvalue weighted by Gasteiger charge is -2.25. The standard InChI is InChI=1S/C22H27N3O5S/c1-16(23-18-8-6-17(7-9-18)22(27)30-2)21(26)24-19-10-12-20(13-11-19)31(28,29)25-14-4-3-5-15-25/h6-13,16,23H,3-5,14-15H2,1-2H3,(H,24,26). The molecule has 2 aromatic carbocycles. The molecule has 1 unspecified atom stereocenters. The summed E-state index contributed by atoms with van der Waals surface area (Å²) in [5.74, 6) is -0.702. The van der Waals surface area contributed by atoms with Crippen LogP contribution in [0.5, 0.6) is 0 Å². The number of hydrogen-bond donors (Lipinski definition) is 2. The average molecular weight is 446 g/mol. The fourth-order valence-electron chi connectivity index (χ4n) is 3.35. The zero-order valence-corrected chi connectivity index (χ0v) is 18.4. The van der Waals surface area contributed by atoms with Crippen molar-refractivity contribution in [2.45, 2.75) is 37.1 Å². The van der Waals surface area contributed by atoms with E-state index >= 15 is 0 Å². The quantitative estimate of drug-likeness (QED) is 0.635. The van der Waals surface area contributed by atoms with Crippen molar-refractivity contribution in [1.82, 2.24) is 4.31 Å². The third-order valence-electron chi connectivity index (χ3n) is 5.16. The first-order valence-corrected chi connectivity index (χ1v) is 11.6. The molecule has 3 rings (SSSR count). The number of amides is 1. The predicted octanol–water partition coefficient (Wildman–Crippen LogP) is 3.09. The summed E-state index contributed by atoms with van der Waals surface area (Å²) in [7, 11) is -2.18. The number of rotatable bonds is 7. The van der Waals surface area contributed by atoms with Crippen LogP contribution in [0.4, 0.5) is 11.4 Å². The molecule has 0 radical (unpaired) electrons. The Kier molecular flexibility index (Phi) is 7.29. The molecule has 1 heterocycles. The number of sulfonamides is 1. The highest BCUT2D eigenvalue weighted by Crippen LogP contribution is 2.22. The number of ether oxygens (including phenoxy) is 1. The van der Waals surface area contributed by atoms with Crippen LogP contribution in [-0.2, 0) is 19.6 Å². The maximum atomic E-state index is 12.7. The second kappa shape index (κ2) is 9.93. The van der Waals surface area contributed by atoms with Gasteiger partial charge >= 0.3 is 5.97 Å². The molecule has 1 saturated heterocycles. The number of nitrogens with zero attached hydrogens (tertiary/aromatic N) is 1. The summed E-state index contributed by atoms with van der Waals surface area (Å²) in [5, 5.41) is 5.83. The Morgan fingerprint density at radius 3 is 2.10 bits per heavy atom. The molecule has 166 valence electrons. The highest BCUT2D eigenvalue weighted by atomic mass is 32.2. The normalized spacial score (nSPS) is 15.7. The molecule has 0 aromatic heterocycles. The Morgan fingerprint density at radius 2 is 1.52 bits per heavy atom. The molecule has 8 nitrogen and oxygen atoms in total. The molecule has 0 bridgehead atoms. The van der Waals surface area contributed by atoms with Crippen molar-refractivity contribution in [1.29, 1.82) is 0 Å². The van der Waals surface area contributed by atoms with Crippen LogP contribution in [0.15, 0.2) is 53.4 Å². The predicted molar refractivity (Wildman–Crippen MR) is 119 cm³/mol. The van der Waals surface area contributed by atoms with Gasteiger partial charge in [0, 0.05) is 24.5 Å². The van der Waals surface area contributed by atoms with Crippen LogP contribution in [0, 0.1) is 0 Å². The van der Waals surface area contributed by atoms with Gasteiger partial charge in [-0.2, -0.15) is 4.31 Å². The van der Waals surface area contributed by atoms with E-state index in [0.29, 0.717) is 30.0 Å². The number of esters is 1. The molecule has 1 aliphatic rings. The molecule has 2 N–H and O–H groups in total. The number of anilines is 2. The van der Waals surface area contributed by atoms with Gasteiger partial charge in [0.25, 0.3) is 0 Å². The van der Waals surface area contributed by atoms with Crippen molar-refractivity contribution < 1.29 is 22.7 Å². The van der Waals surface area contributed by atoms with E-state index in [1.54, 1.807) is 43.3 Å². The lowest BCUT2D eigenvalue weighted by atomic mass is 10.2. The zero-order chi connectivity index (χ0) is 22.4. The summed E-state index contributed by atoms with van der Waals surface area (Å²) in [5.41, 5.74) is 1.61. The largest absolute Gasteiger partial charge is 0.465 e. The van der Waals surface area contributed by atoms with Gasteiger partial charge in [-0.25, -0.2) is 13.2 Å². The van der Waals surface area contributed by atoms with Crippen molar-refractivity contribution in [2.24, 2.45) is 0 Å². The molecule has 9 heteroatoms. The summed E-state index contributed by atoms with van der Waals surface area (Å²) in [4.78, 5) is 24.2. The first-order chi connectivity index (χ1) is 14.8. The number of carbonyl (C=O) groups is 2. The minimum Gasteiger partial charge on any atom is -0.465 e. The minimum absolute atomic E-state index is 0.226. The zero-order valence-electron chi connectivity index (χ0n) is 17.6. The van der Waals surface area contributed by atoms with Gasteiger partial charge in [-0.15, -0.1) is 0 Å².